The Bertz CT molecular complexity index is 841. The topological polar surface area (TPSA) is 73.9 Å². The zero-order chi connectivity index (χ0) is 21.1. The minimum atomic E-state index is -0.903. The predicted molar refractivity (Wildman–Crippen MR) is 112 cm³/mol. The number of carbonyl (C=O) groups excluding carboxylic acids is 2. The molecule has 152 valence electrons. The van der Waals surface area contributed by atoms with E-state index in [-0.39, 0.29) is 5.91 Å². The van der Waals surface area contributed by atoms with Gasteiger partial charge in [-0.25, -0.2) is 4.79 Å². The summed E-state index contributed by atoms with van der Waals surface area (Å²) in [7, 11) is 1.59. The van der Waals surface area contributed by atoms with E-state index in [1.54, 1.807) is 31.4 Å². The van der Waals surface area contributed by atoms with Gasteiger partial charge in [0.1, 0.15) is 18.1 Å². The van der Waals surface area contributed by atoms with E-state index in [4.69, 9.17) is 14.2 Å². The maximum Gasteiger partial charge on any atom is 0.331 e. The summed E-state index contributed by atoms with van der Waals surface area (Å²) in [6.07, 6.45) is 3.66. The van der Waals surface area contributed by atoms with Crippen LogP contribution >= 0.6 is 0 Å². The summed E-state index contributed by atoms with van der Waals surface area (Å²) in [6, 6.07) is 14.5. The molecule has 0 spiro atoms. The van der Waals surface area contributed by atoms with Crippen molar-refractivity contribution >= 4 is 18.0 Å². The summed E-state index contributed by atoms with van der Waals surface area (Å²) >= 11 is 0. The number of carbonyl (C=O) groups is 2. The van der Waals surface area contributed by atoms with E-state index in [0.29, 0.717) is 18.9 Å². The molecule has 0 saturated carbocycles. The van der Waals surface area contributed by atoms with E-state index < -0.39 is 12.1 Å². The van der Waals surface area contributed by atoms with Crippen molar-refractivity contribution in [2.45, 2.75) is 19.6 Å². The molecule has 0 heterocycles. The van der Waals surface area contributed by atoms with Crippen molar-refractivity contribution < 1.29 is 23.8 Å². The summed E-state index contributed by atoms with van der Waals surface area (Å²) in [5.74, 6) is 0.496. The van der Waals surface area contributed by atoms with Crippen LogP contribution < -0.4 is 14.8 Å². The van der Waals surface area contributed by atoms with E-state index in [0.717, 1.165) is 16.9 Å². The second-order valence-corrected chi connectivity index (χ2v) is 6.15. The van der Waals surface area contributed by atoms with Crippen molar-refractivity contribution in [3.63, 3.8) is 0 Å². The first-order chi connectivity index (χ1) is 14.0. The summed E-state index contributed by atoms with van der Waals surface area (Å²) in [5, 5.41) is 2.74. The van der Waals surface area contributed by atoms with Gasteiger partial charge in [0, 0.05) is 12.6 Å². The van der Waals surface area contributed by atoms with Crippen molar-refractivity contribution in [1.82, 2.24) is 5.32 Å². The van der Waals surface area contributed by atoms with Gasteiger partial charge < -0.3 is 19.5 Å². The number of esters is 1. The molecule has 2 aromatic rings. The highest BCUT2D eigenvalue weighted by molar-refractivity contribution is 5.90. The van der Waals surface area contributed by atoms with Crippen LogP contribution in [-0.2, 0) is 20.9 Å². The van der Waals surface area contributed by atoms with Crippen LogP contribution in [0.2, 0.25) is 0 Å². The lowest BCUT2D eigenvalue weighted by Gasteiger charge is -2.12. The quantitative estimate of drug-likeness (QED) is 0.379. The van der Waals surface area contributed by atoms with Crippen LogP contribution in [0.15, 0.2) is 67.3 Å². The van der Waals surface area contributed by atoms with E-state index in [1.807, 2.05) is 36.4 Å². The summed E-state index contributed by atoms with van der Waals surface area (Å²) in [6.45, 7) is 5.88. The van der Waals surface area contributed by atoms with Gasteiger partial charge in [-0.05, 0) is 48.4 Å². The normalized spacial score (nSPS) is 11.5. The molecule has 29 heavy (non-hydrogen) atoms. The number of benzene rings is 2. The van der Waals surface area contributed by atoms with Crippen LogP contribution in [0.1, 0.15) is 18.1 Å². The van der Waals surface area contributed by atoms with Crippen molar-refractivity contribution in [1.29, 1.82) is 0 Å². The first-order valence-electron chi connectivity index (χ1n) is 9.15. The highest BCUT2D eigenvalue weighted by Gasteiger charge is 2.16. The average molecular weight is 395 g/mol. The molecule has 0 saturated heterocycles. The van der Waals surface area contributed by atoms with Crippen LogP contribution in [0.4, 0.5) is 0 Å². The molecule has 0 fully saturated rings. The Hall–Kier alpha value is -3.54. The van der Waals surface area contributed by atoms with Gasteiger partial charge in [-0.15, -0.1) is 0 Å². The van der Waals surface area contributed by atoms with Crippen molar-refractivity contribution in [2.24, 2.45) is 0 Å². The molecule has 1 atom stereocenters. The average Bonchev–Trinajstić information content (AvgIpc) is 2.75. The van der Waals surface area contributed by atoms with Crippen LogP contribution in [0.5, 0.6) is 11.5 Å². The molecule has 1 amide bonds. The fraction of sp³-hybridized carbons (Fsp3) is 0.217. The van der Waals surface area contributed by atoms with Crippen molar-refractivity contribution in [3.05, 3.63) is 78.4 Å². The highest BCUT2D eigenvalue weighted by Crippen LogP contribution is 2.13. The van der Waals surface area contributed by atoms with Crippen molar-refractivity contribution in [2.75, 3.05) is 13.7 Å². The summed E-state index contributed by atoms with van der Waals surface area (Å²) < 4.78 is 15.6. The van der Waals surface area contributed by atoms with Gasteiger partial charge in [0.15, 0.2) is 6.10 Å². The maximum absolute atomic E-state index is 12.1. The molecule has 1 N–H and O–H groups in total. The minimum Gasteiger partial charge on any atom is -0.497 e. The molecular weight excluding hydrogens is 370 g/mol. The summed E-state index contributed by atoms with van der Waals surface area (Å²) in [4.78, 5) is 24.1. The predicted octanol–water partition coefficient (Wildman–Crippen LogP) is 3.52. The van der Waals surface area contributed by atoms with Gasteiger partial charge in [-0.3, -0.25) is 4.79 Å². The molecular formula is C23H25NO5. The van der Waals surface area contributed by atoms with E-state index in [2.05, 4.69) is 11.9 Å². The molecule has 0 radical (unpaired) electrons. The van der Waals surface area contributed by atoms with Crippen LogP contribution in [0, 0.1) is 0 Å². The molecule has 0 aliphatic carbocycles. The SMILES string of the molecule is C=CCOc1ccc(/C=C/C(=O)OC(C)C(=O)NCc2ccc(OC)cc2)cc1. The second-order valence-electron chi connectivity index (χ2n) is 6.15. The number of nitrogens with one attached hydrogen (secondary N) is 1. The largest absolute Gasteiger partial charge is 0.497 e. The molecule has 0 aliphatic rings. The van der Waals surface area contributed by atoms with Gasteiger partial charge in [-0.1, -0.05) is 36.9 Å². The number of methoxy groups -OCH3 is 1. The Kier molecular flexibility index (Phi) is 8.51. The first-order valence-corrected chi connectivity index (χ1v) is 9.15. The van der Waals surface area contributed by atoms with Crippen LogP contribution in [0.25, 0.3) is 6.08 Å². The molecule has 0 aliphatic heterocycles. The van der Waals surface area contributed by atoms with Crippen molar-refractivity contribution in [3.8, 4) is 11.5 Å². The molecule has 1 unspecified atom stereocenters. The number of ether oxygens (including phenoxy) is 3. The fourth-order valence-corrected chi connectivity index (χ4v) is 2.34. The number of amides is 1. The molecule has 2 rings (SSSR count). The molecule has 6 heteroatoms. The Balaban J connectivity index is 1.78. The minimum absolute atomic E-state index is 0.334. The number of rotatable bonds is 10. The first kappa shape index (κ1) is 21.8. The van der Waals surface area contributed by atoms with E-state index in [9.17, 15) is 9.59 Å². The number of hydrogen-bond acceptors (Lipinski definition) is 5. The van der Waals surface area contributed by atoms with E-state index in [1.165, 1.54) is 13.0 Å². The fourth-order valence-electron chi connectivity index (χ4n) is 2.34. The Morgan fingerprint density at radius 3 is 2.34 bits per heavy atom. The lowest BCUT2D eigenvalue weighted by atomic mass is 10.2. The maximum atomic E-state index is 12.1. The number of hydrogen-bond donors (Lipinski definition) is 1. The monoisotopic (exact) mass is 395 g/mol. The van der Waals surface area contributed by atoms with Gasteiger partial charge in [0.05, 0.1) is 7.11 Å². The Morgan fingerprint density at radius 1 is 1.07 bits per heavy atom. The smallest absolute Gasteiger partial charge is 0.331 e. The highest BCUT2D eigenvalue weighted by atomic mass is 16.5. The Morgan fingerprint density at radius 2 is 1.72 bits per heavy atom. The lowest BCUT2D eigenvalue weighted by molar-refractivity contribution is -0.150. The molecule has 6 nitrogen and oxygen atoms in total. The Labute approximate surface area is 170 Å². The zero-order valence-corrected chi connectivity index (χ0v) is 16.6. The third-order valence-electron chi connectivity index (χ3n) is 3.95. The standard InChI is InChI=1S/C23H25NO5/c1-4-15-28-21-12-5-18(6-13-21)9-14-22(25)29-17(2)23(26)24-16-19-7-10-20(27-3)11-8-19/h4-14,17H,1,15-16H2,2-3H3,(H,24,26)/b14-9+. The van der Waals surface area contributed by atoms with Gasteiger partial charge in [0.2, 0.25) is 0 Å². The second kappa shape index (κ2) is 11.3. The molecule has 2 aromatic carbocycles. The van der Waals surface area contributed by atoms with Crippen LogP contribution in [0.3, 0.4) is 0 Å². The summed E-state index contributed by atoms with van der Waals surface area (Å²) in [5.41, 5.74) is 1.72. The van der Waals surface area contributed by atoms with Gasteiger partial charge in [0.25, 0.3) is 5.91 Å². The third-order valence-corrected chi connectivity index (χ3v) is 3.95. The van der Waals surface area contributed by atoms with E-state index >= 15 is 0 Å². The molecule has 0 aromatic heterocycles. The zero-order valence-electron chi connectivity index (χ0n) is 16.6. The van der Waals surface area contributed by atoms with Gasteiger partial charge >= 0.3 is 5.97 Å². The lowest BCUT2D eigenvalue weighted by Crippen LogP contribution is -2.35. The molecule has 0 bridgehead atoms. The third kappa shape index (κ3) is 7.54. The van der Waals surface area contributed by atoms with Gasteiger partial charge in [-0.2, -0.15) is 0 Å². The van der Waals surface area contributed by atoms with Crippen LogP contribution in [-0.4, -0.2) is 31.7 Å².